The molecule has 1 aromatic carbocycles. The van der Waals surface area contributed by atoms with Crippen LogP contribution in [0.25, 0.3) is 0 Å². The Morgan fingerprint density at radius 1 is 1.17 bits per heavy atom. The Bertz CT molecular complexity index is 456. The Balaban J connectivity index is 3.29. The highest BCUT2D eigenvalue weighted by molar-refractivity contribution is 6.02. The fourth-order valence-electron chi connectivity index (χ4n) is 1.50. The van der Waals surface area contributed by atoms with E-state index < -0.39 is 17.5 Å². The molecule has 2 nitrogen and oxygen atoms in total. The van der Waals surface area contributed by atoms with E-state index in [-0.39, 0.29) is 11.2 Å². The number of hydrogen-bond acceptors (Lipinski definition) is 2. The molecule has 5 heteroatoms. The molecule has 0 aromatic heterocycles. The molecule has 0 spiro atoms. The first-order valence-corrected chi connectivity index (χ1v) is 5.37. The Labute approximate surface area is 104 Å². The number of carbonyl (C=O) groups is 1. The maximum Gasteiger partial charge on any atom is 0.455 e. The second-order valence-electron chi connectivity index (χ2n) is 4.99. The minimum absolute atomic E-state index is 0.0512. The molecule has 0 aliphatic rings. The van der Waals surface area contributed by atoms with Crippen LogP contribution in [0.2, 0.25) is 0 Å². The van der Waals surface area contributed by atoms with Crippen LogP contribution in [-0.2, 0) is 5.41 Å². The number of ketones is 1. The topological polar surface area (TPSA) is 26.3 Å². The molecule has 0 aliphatic heterocycles. The number of benzene rings is 1. The smallest absolute Gasteiger partial charge is 0.455 e. The molecule has 0 heterocycles. The van der Waals surface area contributed by atoms with Gasteiger partial charge in [0.1, 0.15) is 5.75 Å². The Morgan fingerprint density at radius 2 is 1.72 bits per heavy atom. The SMILES string of the molecule is COc1cc(C(C)(C)C)ccc1C(=O)C(F)(F)F. The van der Waals surface area contributed by atoms with E-state index >= 15 is 0 Å². The molecule has 100 valence electrons. The molecule has 0 saturated heterocycles. The Kier molecular flexibility index (Phi) is 3.74. The zero-order valence-electron chi connectivity index (χ0n) is 10.7. The van der Waals surface area contributed by atoms with E-state index in [9.17, 15) is 18.0 Å². The van der Waals surface area contributed by atoms with Gasteiger partial charge in [0.2, 0.25) is 0 Å². The van der Waals surface area contributed by atoms with Crippen molar-refractivity contribution >= 4 is 5.78 Å². The molecular formula is C13H15F3O2. The quantitative estimate of drug-likeness (QED) is 0.757. The summed E-state index contributed by atoms with van der Waals surface area (Å²) < 4.78 is 42.0. The first-order chi connectivity index (χ1) is 8.07. The van der Waals surface area contributed by atoms with E-state index in [1.165, 1.54) is 19.2 Å². The predicted molar refractivity (Wildman–Crippen MR) is 62.1 cm³/mol. The van der Waals surface area contributed by atoms with Gasteiger partial charge < -0.3 is 4.74 Å². The highest BCUT2D eigenvalue weighted by Gasteiger charge is 2.40. The van der Waals surface area contributed by atoms with Crippen LogP contribution >= 0.6 is 0 Å². The molecule has 1 aromatic rings. The lowest BCUT2D eigenvalue weighted by Crippen LogP contribution is -2.23. The van der Waals surface area contributed by atoms with Crippen LogP contribution < -0.4 is 4.74 Å². The minimum Gasteiger partial charge on any atom is -0.496 e. The summed E-state index contributed by atoms with van der Waals surface area (Å²) in [6.07, 6.45) is -4.89. The number of alkyl halides is 3. The highest BCUT2D eigenvalue weighted by Crippen LogP contribution is 2.32. The summed E-state index contributed by atoms with van der Waals surface area (Å²) in [7, 11) is 1.24. The van der Waals surface area contributed by atoms with Crippen molar-refractivity contribution in [1.82, 2.24) is 0 Å². The minimum atomic E-state index is -4.89. The van der Waals surface area contributed by atoms with Crippen molar-refractivity contribution in [1.29, 1.82) is 0 Å². The average molecular weight is 260 g/mol. The fourth-order valence-corrected chi connectivity index (χ4v) is 1.50. The van der Waals surface area contributed by atoms with E-state index in [0.29, 0.717) is 0 Å². The number of methoxy groups -OCH3 is 1. The van der Waals surface area contributed by atoms with Gasteiger partial charge in [-0.05, 0) is 23.1 Å². The summed E-state index contributed by atoms with van der Waals surface area (Å²) in [5, 5.41) is 0. The predicted octanol–water partition coefficient (Wildman–Crippen LogP) is 3.74. The summed E-state index contributed by atoms with van der Waals surface area (Å²) in [5.74, 6) is -1.94. The van der Waals surface area contributed by atoms with Gasteiger partial charge in [0, 0.05) is 0 Å². The first kappa shape index (κ1) is 14.5. The molecule has 0 fully saturated rings. The van der Waals surface area contributed by atoms with Gasteiger partial charge in [0.05, 0.1) is 12.7 Å². The van der Waals surface area contributed by atoms with Crippen molar-refractivity contribution in [3.63, 3.8) is 0 Å². The Morgan fingerprint density at radius 3 is 2.11 bits per heavy atom. The van der Waals surface area contributed by atoms with E-state index in [1.54, 1.807) is 0 Å². The zero-order chi connectivity index (χ0) is 14.1. The fraction of sp³-hybridized carbons (Fsp3) is 0.462. The maximum atomic E-state index is 12.4. The molecule has 18 heavy (non-hydrogen) atoms. The largest absolute Gasteiger partial charge is 0.496 e. The standard InChI is InChI=1S/C13H15F3O2/c1-12(2,3)8-5-6-9(10(7-8)18-4)11(17)13(14,15)16/h5-7H,1-4H3. The van der Waals surface area contributed by atoms with Gasteiger partial charge in [-0.1, -0.05) is 26.8 Å². The van der Waals surface area contributed by atoms with Crippen molar-refractivity contribution in [2.45, 2.75) is 32.4 Å². The molecular weight excluding hydrogens is 245 g/mol. The van der Waals surface area contributed by atoms with Crippen LogP contribution in [-0.4, -0.2) is 19.1 Å². The van der Waals surface area contributed by atoms with Crippen LogP contribution in [0.15, 0.2) is 18.2 Å². The number of carbonyl (C=O) groups excluding carboxylic acids is 1. The molecule has 0 aliphatic carbocycles. The van der Waals surface area contributed by atoms with E-state index in [4.69, 9.17) is 4.74 Å². The van der Waals surface area contributed by atoms with Gasteiger partial charge in [0.25, 0.3) is 5.78 Å². The summed E-state index contributed by atoms with van der Waals surface area (Å²) in [4.78, 5) is 11.2. The number of Topliss-reactive ketones (excluding diaryl/α,β-unsaturated/α-hetero) is 1. The summed E-state index contributed by atoms with van der Waals surface area (Å²) in [6, 6.07) is 4.15. The number of rotatable bonds is 2. The highest BCUT2D eigenvalue weighted by atomic mass is 19.4. The summed E-state index contributed by atoms with van der Waals surface area (Å²) >= 11 is 0. The normalized spacial score (nSPS) is 12.4. The third kappa shape index (κ3) is 3.03. The van der Waals surface area contributed by atoms with Gasteiger partial charge in [0.15, 0.2) is 0 Å². The van der Waals surface area contributed by atoms with E-state index in [2.05, 4.69) is 0 Å². The second kappa shape index (κ2) is 4.63. The van der Waals surface area contributed by atoms with Crippen LogP contribution in [0.5, 0.6) is 5.75 Å². The van der Waals surface area contributed by atoms with Gasteiger partial charge in [-0.25, -0.2) is 0 Å². The van der Waals surface area contributed by atoms with Crippen molar-refractivity contribution in [2.24, 2.45) is 0 Å². The third-order valence-electron chi connectivity index (χ3n) is 2.57. The average Bonchev–Trinajstić information content (AvgIpc) is 2.24. The third-order valence-corrected chi connectivity index (χ3v) is 2.57. The van der Waals surface area contributed by atoms with Crippen molar-refractivity contribution in [2.75, 3.05) is 7.11 Å². The van der Waals surface area contributed by atoms with Crippen molar-refractivity contribution in [3.05, 3.63) is 29.3 Å². The van der Waals surface area contributed by atoms with Crippen LogP contribution in [0.4, 0.5) is 13.2 Å². The van der Waals surface area contributed by atoms with E-state index in [1.807, 2.05) is 20.8 Å². The van der Waals surface area contributed by atoms with Gasteiger partial charge in [-0.2, -0.15) is 13.2 Å². The van der Waals surface area contributed by atoms with Gasteiger partial charge >= 0.3 is 6.18 Å². The van der Waals surface area contributed by atoms with E-state index in [0.717, 1.165) is 11.6 Å². The number of ether oxygens (including phenoxy) is 1. The second-order valence-corrected chi connectivity index (χ2v) is 4.99. The summed E-state index contributed by atoms with van der Waals surface area (Å²) in [6.45, 7) is 5.77. The van der Waals surface area contributed by atoms with Crippen LogP contribution in [0.1, 0.15) is 36.7 Å². The van der Waals surface area contributed by atoms with Crippen LogP contribution in [0.3, 0.4) is 0 Å². The molecule has 0 radical (unpaired) electrons. The lowest BCUT2D eigenvalue weighted by atomic mass is 9.86. The monoisotopic (exact) mass is 260 g/mol. The van der Waals surface area contributed by atoms with Gasteiger partial charge in [-0.15, -0.1) is 0 Å². The van der Waals surface area contributed by atoms with Gasteiger partial charge in [-0.3, -0.25) is 4.79 Å². The molecule has 1 rings (SSSR count). The zero-order valence-corrected chi connectivity index (χ0v) is 10.7. The number of hydrogen-bond donors (Lipinski definition) is 0. The molecule has 0 bridgehead atoms. The molecule has 0 N–H and O–H groups in total. The first-order valence-electron chi connectivity index (χ1n) is 5.37. The number of halogens is 3. The lowest BCUT2D eigenvalue weighted by molar-refractivity contribution is -0.0886. The van der Waals surface area contributed by atoms with Crippen molar-refractivity contribution in [3.8, 4) is 5.75 Å². The van der Waals surface area contributed by atoms with Crippen molar-refractivity contribution < 1.29 is 22.7 Å². The summed E-state index contributed by atoms with van der Waals surface area (Å²) in [5.41, 5.74) is 0.115. The van der Waals surface area contributed by atoms with Crippen LogP contribution in [0, 0.1) is 0 Å². The molecule has 0 amide bonds. The Hall–Kier alpha value is -1.52. The maximum absolute atomic E-state index is 12.4. The molecule has 0 atom stereocenters. The molecule has 0 unspecified atom stereocenters. The lowest BCUT2D eigenvalue weighted by Gasteiger charge is -2.20. The molecule has 0 saturated carbocycles.